The number of aromatic nitrogens is 2. The van der Waals surface area contributed by atoms with Crippen molar-refractivity contribution in [1.82, 2.24) is 15.3 Å². The zero-order chi connectivity index (χ0) is 27.0. The van der Waals surface area contributed by atoms with Crippen molar-refractivity contribution in [3.8, 4) is 11.4 Å². The second kappa shape index (κ2) is 10.2. The summed E-state index contributed by atoms with van der Waals surface area (Å²) in [7, 11) is -3.69. The molecule has 204 valence electrons. The topological polar surface area (TPSA) is 114 Å². The number of sulfone groups is 1. The Morgan fingerprint density at radius 3 is 2.44 bits per heavy atom. The van der Waals surface area contributed by atoms with E-state index in [4.69, 9.17) is 14.7 Å². The van der Waals surface area contributed by atoms with Crippen LogP contribution in [0.25, 0.3) is 11.4 Å². The van der Waals surface area contributed by atoms with Crippen LogP contribution in [-0.2, 0) is 19.3 Å². The molecule has 0 bridgehead atoms. The van der Waals surface area contributed by atoms with Crippen molar-refractivity contribution in [2.75, 3.05) is 30.0 Å². The van der Waals surface area contributed by atoms with Crippen LogP contribution in [0.3, 0.4) is 0 Å². The van der Waals surface area contributed by atoms with Crippen molar-refractivity contribution in [2.24, 2.45) is 0 Å². The maximum absolute atomic E-state index is 14.0. The zero-order valence-corrected chi connectivity index (χ0v) is 22.8. The van der Waals surface area contributed by atoms with E-state index >= 15 is 0 Å². The van der Waals surface area contributed by atoms with E-state index in [1.165, 1.54) is 0 Å². The Morgan fingerprint density at radius 1 is 1.05 bits per heavy atom. The van der Waals surface area contributed by atoms with Crippen LogP contribution in [0.1, 0.15) is 44.7 Å². The minimum atomic E-state index is -3.69. The van der Waals surface area contributed by atoms with E-state index in [9.17, 15) is 13.2 Å². The predicted octanol–water partition coefficient (Wildman–Crippen LogP) is 4.51. The third kappa shape index (κ3) is 4.98. The number of urea groups is 1. The molecule has 1 aromatic heterocycles. The number of rotatable bonds is 7. The predicted molar refractivity (Wildman–Crippen MR) is 149 cm³/mol. The SMILES string of the molecule is C[C@H]1COCCN1c1cc(C2(S(=O)(=O)c3ccccc3)CCC2)nc(-c2ccc(NC(=O)NC3CC3)cc2)n1. The van der Waals surface area contributed by atoms with Gasteiger partial charge in [-0.25, -0.2) is 23.2 Å². The highest BCUT2D eigenvalue weighted by molar-refractivity contribution is 7.92. The van der Waals surface area contributed by atoms with Gasteiger partial charge in [-0.1, -0.05) is 18.2 Å². The third-order valence-corrected chi connectivity index (χ3v) is 10.4. The molecule has 1 aliphatic heterocycles. The summed E-state index contributed by atoms with van der Waals surface area (Å²) in [5.41, 5.74) is 1.94. The molecule has 0 unspecified atom stereocenters. The lowest BCUT2D eigenvalue weighted by Gasteiger charge is -2.41. The number of morpholine rings is 1. The highest BCUT2D eigenvalue weighted by Gasteiger charge is 2.52. The first-order valence-electron chi connectivity index (χ1n) is 13.6. The van der Waals surface area contributed by atoms with Gasteiger partial charge in [0.2, 0.25) is 0 Å². The second-order valence-corrected chi connectivity index (χ2v) is 12.9. The summed E-state index contributed by atoms with van der Waals surface area (Å²) >= 11 is 0. The van der Waals surface area contributed by atoms with Crippen LogP contribution in [0.2, 0.25) is 0 Å². The molecule has 10 heteroatoms. The second-order valence-electron chi connectivity index (χ2n) is 10.7. The first-order chi connectivity index (χ1) is 18.9. The maximum Gasteiger partial charge on any atom is 0.319 e. The van der Waals surface area contributed by atoms with Crippen molar-refractivity contribution in [1.29, 1.82) is 0 Å². The van der Waals surface area contributed by atoms with Gasteiger partial charge >= 0.3 is 6.03 Å². The van der Waals surface area contributed by atoms with Crippen molar-refractivity contribution >= 4 is 27.4 Å². The van der Waals surface area contributed by atoms with Crippen molar-refractivity contribution in [2.45, 2.75) is 60.8 Å². The number of carbonyl (C=O) groups is 1. The number of hydrogen-bond donors (Lipinski definition) is 2. The summed E-state index contributed by atoms with van der Waals surface area (Å²) in [5, 5.41) is 5.77. The summed E-state index contributed by atoms with van der Waals surface area (Å²) in [6.07, 6.45) is 3.88. The number of nitrogens with zero attached hydrogens (tertiary/aromatic N) is 3. The molecule has 1 saturated heterocycles. The van der Waals surface area contributed by atoms with Gasteiger partial charge in [-0.15, -0.1) is 0 Å². The van der Waals surface area contributed by atoms with Gasteiger partial charge in [0.25, 0.3) is 0 Å². The third-order valence-electron chi connectivity index (χ3n) is 7.88. The molecule has 0 radical (unpaired) electrons. The largest absolute Gasteiger partial charge is 0.377 e. The molecule has 3 aliphatic rings. The smallest absolute Gasteiger partial charge is 0.319 e. The van der Waals surface area contributed by atoms with Crippen molar-refractivity contribution < 1.29 is 17.9 Å². The van der Waals surface area contributed by atoms with Crippen LogP contribution < -0.4 is 15.5 Å². The fourth-order valence-electron chi connectivity index (χ4n) is 5.28. The molecule has 2 saturated carbocycles. The quantitative estimate of drug-likeness (QED) is 0.448. The molecule has 2 heterocycles. The summed E-state index contributed by atoms with van der Waals surface area (Å²) in [5.74, 6) is 1.16. The number of ether oxygens (including phenoxy) is 1. The summed E-state index contributed by atoms with van der Waals surface area (Å²) in [6, 6.07) is 18.0. The molecular formula is C29H33N5O4S. The Kier molecular flexibility index (Phi) is 6.76. The van der Waals surface area contributed by atoms with E-state index in [2.05, 4.69) is 22.5 Å². The number of anilines is 2. The fourth-order valence-corrected chi connectivity index (χ4v) is 7.45. The Hall–Kier alpha value is -3.50. The van der Waals surface area contributed by atoms with Gasteiger partial charge in [-0.05, 0) is 75.4 Å². The number of hydrogen-bond acceptors (Lipinski definition) is 7. The van der Waals surface area contributed by atoms with Crippen molar-refractivity contribution in [3.05, 3.63) is 66.4 Å². The summed E-state index contributed by atoms with van der Waals surface area (Å²) in [6.45, 7) is 3.89. The molecule has 3 aromatic rings. The minimum Gasteiger partial charge on any atom is -0.377 e. The lowest BCUT2D eigenvalue weighted by Crippen LogP contribution is -2.46. The summed E-state index contributed by atoms with van der Waals surface area (Å²) in [4.78, 5) is 24.4. The normalized spacial score (nSPS) is 20.6. The van der Waals surface area contributed by atoms with Crippen LogP contribution in [0, 0.1) is 0 Å². The average molecular weight is 548 g/mol. The first kappa shape index (κ1) is 25.8. The van der Waals surface area contributed by atoms with Gasteiger partial charge in [0.05, 0.1) is 29.8 Å². The Bertz CT molecular complexity index is 1450. The van der Waals surface area contributed by atoms with E-state index in [0.717, 1.165) is 24.8 Å². The molecule has 39 heavy (non-hydrogen) atoms. The summed E-state index contributed by atoms with van der Waals surface area (Å²) < 4.78 is 32.6. The lowest BCUT2D eigenvalue weighted by atomic mass is 9.81. The molecule has 1 atom stereocenters. The number of amides is 2. The van der Waals surface area contributed by atoms with Gasteiger partial charge in [-0.3, -0.25) is 0 Å². The van der Waals surface area contributed by atoms with Gasteiger partial charge in [0.15, 0.2) is 15.7 Å². The van der Waals surface area contributed by atoms with Gasteiger partial charge in [0, 0.05) is 29.9 Å². The fraction of sp³-hybridized carbons (Fsp3) is 0.414. The molecule has 6 rings (SSSR count). The van der Waals surface area contributed by atoms with E-state index in [1.54, 1.807) is 24.3 Å². The standard InChI is InChI=1S/C29H33N5O4S/c1-20-19-38-17-16-34(20)26-18-25(29(14-5-15-29)39(36,37)24-6-3-2-4-7-24)32-27(33-26)21-8-10-22(11-9-21)30-28(35)31-23-12-13-23/h2-4,6-11,18,20,23H,5,12-17,19H2,1H3,(H2,30,31,35)/t20-/m0/s1. The van der Waals surface area contributed by atoms with Crippen LogP contribution in [0.4, 0.5) is 16.3 Å². The average Bonchev–Trinajstić information content (AvgIpc) is 3.73. The molecule has 2 N–H and O–H groups in total. The lowest BCUT2D eigenvalue weighted by molar-refractivity contribution is 0.0985. The van der Waals surface area contributed by atoms with E-state index in [1.807, 2.05) is 36.4 Å². The van der Waals surface area contributed by atoms with E-state index < -0.39 is 14.6 Å². The first-order valence-corrected chi connectivity index (χ1v) is 15.1. The Labute approximate surface area is 228 Å². The van der Waals surface area contributed by atoms with Gasteiger partial charge in [-0.2, -0.15) is 0 Å². The van der Waals surface area contributed by atoms with Crippen LogP contribution in [0.5, 0.6) is 0 Å². The molecule has 9 nitrogen and oxygen atoms in total. The van der Waals surface area contributed by atoms with Gasteiger partial charge in [0.1, 0.15) is 10.6 Å². The van der Waals surface area contributed by atoms with Crippen molar-refractivity contribution in [3.63, 3.8) is 0 Å². The highest BCUT2D eigenvalue weighted by atomic mass is 32.2. The van der Waals surface area contributed by atoms with Crippen LogP contribution >= 0.6 is 0 Å². The van der Waals surface area contributed by atoms with E-state index in [-0.39, 0.29) is 18.1 Å². The molecule has 0 spiro atoms. The number of carbonyl (C=O) groups excluding carboxylic acids is 1. The van der Waals surface area contributed by atoms with Crippen LogP contribution in [0.15, 0.2) is 65.6 Å². The minimum absolute atomic E-state index is 0.0916. The number of benzene rings is 2. The monoisotopic (exact) mass is 547 g/mol. The molecule has 2 amide bonds. The molecule has 3 fully saturated rings. The number of nitrogens with one attached hydrogen (secondary N) is 2. The van der Waals surface area contributed by atoms with Crippen LogP contribution in [-0.4, -0.2) is 56.3 Å². The molecule has 2 aliphatic carbocycles. The zero-order valence-electron chi connectivity index (χ0n) is 22.0. The maximum atomic E-state index is 14.0. The Morgan fingerprint density at radius 2 is 1.79 bits per heavy atom. The van der Waals surface area contributed by atoms with E-state index in [0.29, 0.717) is 60.5 Å². The highest BCUT2D eigenvalue weighted by Crippen LogP contribution is 2.51. The molecule has 2 aromatic carbocycles. The Balaban J connectivity index is 1.39. The molecular weight excluding hydrogens is 514 g/mol. The van der Waals surface area contributed by atoms with Gasteiger partial charge < -0.3 is 20.3 Å².